The SMILES string of the molecule is O=C(O)c1ccc(SCCc2ccccc2)cc1CS(=O)(=O)c1ccccc1. The minimum atomic E-state index is -3.62. The van der Waals surface area contributed by atoms with Crippen LogP contribution < -0.4 is 0 Å². The zero-order chi connectivity index (χ0) is 20.0. The van der Waals surface area contributed by atoms with E-state index in [9.17, 15) is 18.3 Å². The first-order valence-electron chi connectivity index (χ1n) is 8.76. The molecule has 0 saturated heterocycles. The Bertz CT molecular complexity index is 1050. The van der Waals surface area contributed by atoms with Crippen LogP contribution in [0, 0.1) is 0 Å². The summed E-state index contributed by atoms with van der Waals surface area (Å²) in [7, 11) is -3.62. The average Bonchev–Trinajstić information content (AvgIpc) is 2.69. The van der Waals surface area contributed by atoms with Gasteiger partial charge in [0, 0.05) is 10.6 Å². The maximum Gasteiger partial charge on any atom is 0.335 e. The normalized spacial score (nSPS) is 11.3. The van der Waals surface area contributed by atoms with Gasteiger partial charge in [0.15, 0.2) is 9.84 Å². The van der Waals surface area contributed by atoms with Gasteiger partial charge in [-0.3, -0.25) is 0 Å². The summed E-state index contributed by atoms with van der Waals surface area (Å²) in [6, 6.07) is 23.1. The molecule has 0 radical (unpaired) electrons. The summed E-state index contributed by atoms with van der Waals surface area (Å²) in [5.74, 6) is -0.647. The van der Waals surface area contributed by atoms with Gasteiger partial charge in [0.1, 0.15) is 0 Å². The number of sulfone groups is 1. The Labute approximate surface area is 169 Å². The van der Waals surface area contributed by atoms with Crippen molar-refractivity contribution in [2.24, 2.45) is 0 Å². The summed E-state index contributed by atoms with van der Waals surface area (Å²) in [5, 5.41) is 9.45. The standard InChI is InChI=1S/C22H20O4S2/c23-22(24)21-12-11-19(27-14-13-17-7-3-1-4-8-17)15-18(21)16-28(25,26)20-9-5-2-6-10-20/h1-12,15H,13-14,16H2,(H,23,24). The zero-order valence-corrected chi connectivity index (χ0v) is 16.7. The largest absolute Gasteiger partial charge is 0.478 e. The van der Waals surface area contributed by atoms with Gasteiger partial charge in [-0.2, -0.15) is 0 Å². The summed E-state index contributed by atoms with van der Waals surface area (Å²) < 4.78 is 25.4. The molecule has 0 aliphatic heterocycles. The zero-order valence-electron chi connectivity index (χ0n) is 15.1. The van der Waals surface area contributed by atoms with Gasteiger partial charge in [0.2, 0.25) is 0 Å². The van der Waals surface area contributed by atoms with Crippen molar-refractivity contribution in [1.82, 2.24) is 0 Å². The van der Waals surface area contributed by atoms with E-state index < -0.39 is 15.8 Å². The fourth-order valence-electron chi connectivity index (χ4n) is 2.84. The molecule has 0 heterocycles. The second kappa shape index (κ2) is 9.08. The van der Waals surface area contributed by atoms with Crippen LogP contribution >= 0.6 is 11.8 Å². The Kier molecular flexibility index (Phi) is 6.54. The third kappa shape index (κ3) is 5.24. The van der Waals surface area contributed by atoms with Crippen LogP contribution in [0.25, 0.3) is 0 Å². The highest BCUT2D eigenvalue weighted by Crippen LogP contribution is 2.26. The Morgan fingerprint density at radius 3 is 2.18 bits per heavy atom. The van der Waals surface area contributed by atoms with Crippen LogP contribution in [-0.2, 0) is 22.0 Å². The van der Waals surface area contributed by atoms with Crippen LogP contribution in [0.1, 0.15) is 21.5 Å². The van der Waals surface area contributed by atoms with Crippen molar-refractivity contribution < 1.29 is 18.3 Å². The second-order valence-corrected chi connectivity index (χ2v) is 9.44. The smallest absolute Gasteiger partial charge is 0.335 e. The number of carboxylic acids is 1. The summed E-state index contributed by atoms with van der Waals surface area (Å²) in [5.41, 5.74) is 1.55. The molecular weight excluding hydrogens is 392 g/mol. The van der Waals surface area contributed by atoms with Gasteiger partial charge in [0.05, 0.1) is 16.2 Å². The lowest BCUT2D eigenvalue weighted by molar-refractivity contribution is 0.0696. The van der Waals surface area contributed by atoms with Crippen molar-refractivity contribution in [2.45, 2.75) is 22.0 Å². The van der Waals surface area contributed by atoms with Crippen LogP contribution in [-0.4, -0.2) is 25.2 Å². The molecule has 0 amide bonds. The van der Waals surface area contributed by atoms with Crippen LogP contribution in [0.2, 0.25) is 0 Å². The molecule has 3 aromatic rings. The fraction of sp³-hybridized carbons (Fsp3) is 0.136. The van der Waals surface area contributed by atoms with E-state index >= 15 is 0 Å². The van der Waals surface area contributed by atoms with Crippen LogP contribution in [0.15, 0.2) is 88.7 Å². The molecule has 0 saturated carbocycles. The maximum absolute atomic E-state index is 12.7. The number of aromatic carboxylic acids is 1. The number of benzene rings is 3. The molecule has 4 nitrogen and oxygen atoms in total. The lowest BCUT2D eigenvalue weighted by atomic mass is 10.1. The number of carboxylic acid groups (broad SMARTS) is 1. The molecule has 28 heavy (non-hydrogen) atoms. The van der Waals surface area contributed by atoms with Crippen molar-refractivity contribution in [2.75, 3.05) is 5.75 Å². The Morgan fingerprint density at radius 1 is 0.893 bits per heavy atom. The quantitative estimate of drug-likeness (QED) is 0.543. The Morgan fingerprint density at radius 2 is 1.54 bits per heavy atom. The molecule has 3 rings (SSSR count). The van der Waals surface area contributed by atoms with Crippen molar-refractivity contribution in [1.29, 1.82) is 0 Å². The Hall–Kier alpha value is -2.57. The third-order valence-electron chi connectivity index (χ3n) is 4.26. The molecule has 0 unspecified atom stereocenters. The number of aryl methyl sites for hydroxylation is 1. The summed E-state index contributed by atoms with van der Waals surface area (Å²) in [6.45, 7) is 0. The highest BCUT2D eigenvalue weighted by Gasteiger charge is 2.20. The summed E-state index contributed by atoms with van der Waals surface area (Å²) in [4.78, 5) is 12.6. The average molecular weight is 413 g/mol. The van der Waals surface area contributed by atoms with Crippen molar-refractivity contribution in [3.63, 3.8) is 0 Å². The van der Waals surface area contributed by atoms with E-state index in [-0.39, 0.29) is 16.2 Å². The molecule has 0 aliphatic rings. The monoisotopic (exact) mass is 412 g/mol. The maximum atomic E-state index is 12.7. The number of hydrogen-bond donors (Lipinski definition) is 1. The number of thioether (sulfide) groups is 1. The first-order valence-corrected chi connectivity index (χ1v) is 11.4. The van der Waals surface area contributed by atoms with Crippen LogP contribution in [0.5, 0.6) is 0 Å². The second-order valence-electron chi connectivity index (χ2n) is 6.28. The lowest BCUT2D eigenvalue weighted by Crippen LogP contribution is -2.10. The van der Waals surface area contributed by atoms with Crippen LogP contribution in [0.3, 0.4) is 0 Å². The highest BCUT2D eigenvalue weighted by atomic mass is 32.2. The number of hydrogen-bond acceptors (Lipinski definition) is 4. The molecule has 144 valence electrons. The Balaban J connectivity index is 1.79. The minimum Gasteiger partial charge on any atom is -0.478 e. The van der Waals surface area contributed by atoms with Gasteiger partial charge in [-0.15, -0.1) is 11.8 Å². The van der Waals surface area contributed by atoms with E-state index in [1.54, 1.807) is 42.1 Å². The van der Waals surface area contributed by atoms with Gasteiger partial charge in [0.25, 0.3) is 0 Å². The molecule has 0 aliphatic carbocycles. The number of rotatable bonds is 8. The van der Waals surface area contributed by atoms with Crippen molar-refractivity contribution >= 4 is 27.6 Å². The molecule has 1 N–H and O–H groups in total. The predicted molar refractivity (Wildman–Crippen MR) is 112 cm³/mol. The van der Waals surface area contributed by atoms with Gasteiger partial charge in [-0.1, -0.05) is 48.5 Å². The number of carbonyl (C=O) groups is 1. The highest BCUT2D eigenvalue weighted by molar-refractivity contribution is 7.99. The van der Waals surface area contributed by atoms with Gasteiger partial charge in [-0.05, 0) is 47.9 Å². The predicted octanol–water partition coefficient (Wildman–Crippen LogP) is 4.69. The van der Waals surface area contributed by atoms with E-state index in [1.807, 2.05) is 18.2 Å². The first-order chi connectivity index (χ1) is 13.5. The summed E-state index contributed by atoms with van der Waals surface area (Å²) >= 11 is 1.58. The molecule has 0 atom stereocenters. The van der Waals surface area contributed by atoms with Gasteiger partial charge >= 0.3 is 5.97 Å². The minimum absolute atomic E-state index is 0.0203. The van der Waals surface area contributed by atoms with Gasteiger partial charge < -0.3 is 5.11 Å². The summed E-state index contributed by atoms with van der Waals surface area (Å²) in [6.07, 6.45) is 0.879. The first kappa shape index (κ1) is 20.2. The molecule has 0 fully saturated rings. The molecule has 6 heteroatoms. The molecular formula is C22H20O4S2. The van der Waals surface area contributed by atoms with E-state index in [0.29, 0.717) is 5.56 Å². The molecule has 0 aromatic heterocycles. The fourth-order valence-corrected chi connectivity index (χ4v) is 5.19. The van der Waals surface area contributed by atoms with E-state index in [0.717, 1.165) is 17.1 Å². The lowest BCUT2D eigenvalue weighted by Gasteiger charge is -2.10. The van der Waals surface area contributed by atoms with E-state index in [1.165, 1.54) is 23.8 Å². The topological polar surface area (TPSA) is 71.4 Å². The molecule has 0 bridgehead atoms. The van der Waals surface area contributed by atoms with Crippen molar-refractivity contribution in [3.05, 3.63) is 95.6 Å². The van der Waals surface area contributed by atoms with E-state index in [4.69, 9.17) is 0 Å². The van der Waals surface area contributed by atoms with Gasteiger partial charge in [-0.25, -0.2) is 13.2 Å². The van der Waals surface area contributed by atoms with Crippen LogP contribution in [0.4, 0.5) is 0 Å². The molecule has 0 spiro atoms. The van der Waals surface area contributed by atoms with Crippen molar-refractivity contribution in [3.8, 4) is 0 Å². The third-order valence-corrected chi connectivity index (χ3v) is 6.93. The molecule has 3 aromatic carbocycles. The van der Waals surface area contributed by atoms with E-state index in [2.05, 4.69) is 12.1 Å².